The Labute approximate surface area is 194 Å². The molecule has 0 atom stereocenters. The number of hydrogen-bond acceptors (Lipinski definition) is 3. The molecule has 0 radical (unpaired) electrons. The SMILES string of the molecule is C=C1N(CCCC)C(=O)OC12CCN(CC=C(c1ccc(F)cc1)c1ccc(F)cc1)CC2. The summed E-state index contributed by atoms with van der Waals surface area (Å²) in [6.07, 6.45) is 5.16. The second-order valence-corrected chi connectivity index (χ2v) is 8.75. The number of rotatable bonds is 7. The summed E-state index contributed by atoms with van der Waals surface area (Å²) in [6.45, 7) is 9.16. The highest BCUT2D eigenvalue weighted by molar-refractivity contribution is 5.80. The van der Waals surface area contributed by atoms with Crippen molar-refractivity contribution in [3.05, 3.63) is 89.6 Å². The molecule has 0 unspecified atom stereocenters. The zero-order chi connectivity index (χ0) is 23.4. The minimum Gasteiger partial charge on any atom is -0.436 e. The highest BCUT2D eigenvalue weighted by atomic mass is 19.1. The number of halogens is 2. The molecular formula is C27H30F2N2O2. The zero-order valence-corrected chi connectivity index (χ0v) is 19.0. The Balaban J connectivity index is 1.46. The molecule has 0 bridgehead atoms. The standard InChI is InChI=1S/C27H30F2N2O2/c1-3-4-16-31-20(2)27(33-26(31)32)14-18-30(19-15-27)17-13-25(21-5-9-23(28)10-6-21)22-7-11-24(29)12-8-22/h5-13H,2-4,14-19H2,1H3. The van der Waals surface area contributed by atoms with E-state index in [4.69, 9.17) is 4.74 Å². The number of piperidine rings is 1. The van der Waals surface area contributed by atoms with Gasteiger partial charge in [-0.2, -0.15) is 0 Å². The third kappa shape index (κ3) is 5.01. The third-order valence-corrected chi connectivity index (χ3v) is 6.62. The summed E-state index contributed by atoms with van der Waals surface area (Å²) in [5.74, 6) is -0.587. The minimum atomic E-state index is -0.595. The van der Waals surface area contributed by atoms with Gasteiger partial charge in [-0.25, -0.2) is 13.6 Å². The number of ether oxygens (including phenoxy) is 1. The largest absolute Gasteiger partial charge is 0.436 e. The quantitative estimate of drug-likeness (QED) is 0.517. The zero-order valence-electron chi connectivity index (χ0n) is 19.0. The van der Waals surface area contributed by atoms with Gasteiger partial charge < -0.3 is 4.74 Å². The molecular weight excluding hydrogens is 422 g/mol. The normalized spacial score (nSPS) is 18.0. The Morgan fingerprint density at radius 2 is 1.58 bits per heavy atom. The van der Waals surface area contributed by atoms with E-state index >= 15 is 0 Å². The number of likely N-dealkylation sites (tertiary alicyclic amines) is 1. The molecule has 33 heavy (non-hydrogen) atoms. The maximum Gasteiger partial charge on any atom is 0.415 e. The first-order valence-corrected chi connectivity index (χ1v) is 11.6. The minimum absolute atomic E-state index is 0.281. The highest BCUT2D eigenvalue weighted by Gasteiger charge is 2.50. The lowest BCUT2D eigenvalue weighted by Crippen LogP contribution is -2.45. The van der Waals surface area contributed by atoms with E-state index < -0.39 is 5.60 Å². The van der Waals surface area contributed by atoms with E-state index in [1.54, 1.807) is 29.2 Å². The van der Waals surface area contributed by atoms with Gasteiger partial charge in [0.2, 0.25) is 0 Å². The summed E-state index contributed by atoms with van der Waals surface area (Å²) >= 11 is 0. The molecule has 4 rings (SSSR count). The van der Waals surface area contributed by atoms with Gasteiger partial charge in [-0.05, 0) is 47.4 Å². The van der Waals surface area contributed by atoms with Crippen LogP contribution < -0.4 is 0 Å². The van der Waals surface area contributed by atoms with Crippen LogP contribution in [0, 0.1) is 11.6 Å². The van der Waals surface area contributed by atoms with Gasteiger partial charge in [0.05, 0.1) is 5.70 Å². The number of nitrogens with zero attached hydrogens (tertiary/aromatic N) is 2. The Morgan fingerprint density at radius 1 is 1.03 bits per heavy atom. The van der Waals surface area contributed by atoms with E-state index in [1.807, 2.05) is 0 Å². The topological polar surface area (TPSA) is 32.8 Å². The van der Waals surface area contributed by atoms with Gasteiger partial charge in [0, 0.05) is 39.0 Å². The molecule has 2 aliphatic rings. The van der Waals surface area contributed by atoms with E-state index in [2.05, 4.69) is 24.5 Å². The van der Waals surface area contributed by atoms with Gasteiger partial charge in [0.25, 0.3) is 0 Å². The van der Waals surface area contributed by atoms with Crippen LogP contribution in [0.3, 0.4) is 0 Å². The first-order chi connectivity index (χ1) is 15.9. The number of amides is 1. The van der Waals surface area contributed by atoms with Crippen LogP contribution in [0.2, 0.25) is 0 Å². The fourth-order valence-electron chi connectivity index (χ4n) is 4.55. The van der Waals surface area contributed by atoms with Crippen LogP contribution in [0.5, 0.6) is 0 Å². The van der Waals surface area contributed by atoms with Gasteiger partial charge in [0.1, 0.15) is 11.6 Å². The predicted molar refractivity (Wildman–Crippen MR) is 126 cm³/mol. The second kappa shape index (κ2) is 9.87. The fourth-order valence-corrected chi connectivity index (χ4v) is 4.55. The molecule has 4 nitrogen and oxygen atoms in total. The lowest BCUT2D eigenvalue weighted by molar-refractivity contribution is 0.0175. The number of benzene rings is 2. The molecule has 2 saturated heterocycles. The van der Waals surface area contributed by atoms with E-state index in [9.17, 15) is 13.6 Å². The lowest BCUT2D eigenvalue weighted by atomic mass is 9.88. The molecule has 2 heterocycles. The van der Waals surface area contributed by atoms with Crippen molar-refractivity contribution < 1.29 is 18.3 Å². The molecule has 0 N–H and O–H groups in total. The van der Waals surface area contributed by atoms with Crippen molar-refractivity contribution in [2.24, 2.45) is 0 Å². The van der Waals surface area contributed by atoms with Gasteiger partial charge in [0.15, 0.2) is 5.60 Å². The molecule has 6 heteroatoms. The van der Waals surface area contributed by atoms with E-state index in [-0.39, 0.29) is 17.7 Å². The molecule has 0 aromatic heterocycles. The summed E-state index contributed by atoms with van der Waals surface area (Å²) in [6, 6.07) is 12.7. The van der Waals surface area contributed by atoms with Crippen LogP contribution in [-0.4, -0.2) is 47.7 Å². The number of hydrogen-bond donors (Lipinski definition) is 0. The molecule has 2 aliphatic heterocycles. The first kappa shape index (κ1) is 23.2. The van der Waals surface area contributed by atoms with Gasteiger partial charge in [-0.3, -0.25) is 9.80 Å². The Bertz CT molecular complexity index is 976. The summed E-state index contributed by atoms with van der Waals surface area (Å²) in [5.41, 5.74) is 2.87. The van der Waals surface area contributed by atoms with Crippen molar-refractivity contribution in [3.63, 3.8) is 0 Å². The molecule has 0 saturated carbocycles. The van der Waals surface area contributed by atoms with Gasteiger partial charge in [-0.15, -0.1) is 0 Å². The molecule has 1 amide bonds. The van der Waals surface area contributed by atoms with Crippen LogP contribution in [0.1, 0.15) is 43.7 Å². The molecule has 2 fully saturated rings. The van der Waals surface area contributed by atoms with Crippen LogP contribution in [0.25, 0.3) is 5.57 Å². The first-order valence-electron chi connectivity index (χ1n) is 11.6. The third-order valence-electron chi connectivity index (χ3n) is 6.62. The lowest BCUT2D eigenvalue weighted by Gasteiger charge is -2.37. The van der Waals surface area contributed by atoms with Crippen molar-refractivity contribution in [2.45, 2.75) is 38.2 Å². The summed E-state index contributed by atoms with van der Waals surface area (Å²) < 4.78 is 32.7. The average Bonchev–Trinajstić information content (AvgIpc) is 3.04. The Kier molecular flexibility index (Phi) is 6.94. The van der Waals surface area contributed by atoms with Crippen molar-refractivity contribution in [1.29, 1.82) is 0 Å². The smallest absolute Gasteiger partial charge is 0.415 e. The van der Waals surface area contributed by atoms with Crippen molar-refractivity contribution in [1.82, 2.24) is 9.80 Å². The Morgan fingerprint density at radius 3 is 2.09 bits per heavy atom. The number of unbranched alkanes of at least 4 members (excludes halogenated alkanes) is 1. The molecule has 0 aliphatic carbocycles. The second-order valence-electron chi connectivity index (χ2n) is 8.75. The van der Waals surface area contributed by atoms with Crippen LogP contribution in [0.15, 0.2) is 66.9 Å². The number of carbonyl (C=O) groups excluding carboxylic acids is 1. The maximum absolute atomic E-state index is 13.5. The number of carbonyl (C=O) groups is 1. The summed E-state index contributed by atoms with van der Waals surface area (Å²) in [5, 5.41) is 0. The summed E-state index contributed by atoms with van der Waals surface area (Å²) in [7, 11) is 0. The molecule has 2 aromatic rings. The van der Waals surface area contributed by atoms with Crippen LogP contribution in [-0.2, 0) is 4.74 Å². The monoisotopic (exact) mass is 452 g/mol. The van der Waals surface area contributed by atoms with Crippen molar-refractivity contribution >= 4 is 11.7 Å². The van der Waals surface area contributed by atoms with E-state index in [1.165, 1.54) is 24.3 Å². The average molecular weight is 453 g/mol. The van der Waals surface area contributed by atoms with Gasteiger partial charge >= 0.3 is 6.09 Å². The highest BCUT2D eigenvalue weighted by Crippen LogP contribution is 2.40. The molecule has 174 valence electrons. The van der Waals surface area contributed by atoms with E-state index in [0.717, 1.165) is 48.3 Å². The predicted octanol–water partition coefficient (Wildman–Crippen LogP) is 6.00. The summed E-state index contributed by atoms with van der Waals surface area (Å²) in [4.78, 5) is 16.4. The van der Waals surface area contributed by atoms with Crippen LogP contribution in [0.4, 0.5) is 13.6 Å². The molecule has 1 spiro atoms. The van der Waals surface area contributed by atoms with Crippen LogP contribution >= 0.6 is 0 Å². The van der Waals surface area contributed by atoms with Crippen molar-refractivity contribution in [2.75, 3.05) is 26.2 Å². The maximum atomic E-state index is 13.5. The fraction of sp³-hybridized carbons (Fsp3) is 0.370. The van der Waals surface area contributed by atoms with Gasteiger partial charge in [-0.1, -0.05) is 50.3 Å². The van der Waals surface area contributed by atoms with E-state index in [0.29, 0.717) is 25.9 Å². The molecule has 2 aromatic carbocycles. The van der Waals surface area contributed by atoms with Crippen molar-refractivity contribution in [3.8, 4) is 0 Å². The Hall–Kier alpha value is -2.99.